The van der Waals surface area contributed by atoms with Gasteiger partial charge in [0.1, 0.15) is 6.10 Å². The van der Waals surface area contributed by atoms with Gasteiger partial charge in [-0.05, 0) is 37.5 Å². The van der Waals surface area contributed by atoms with Crippen molar-refractivity contribution in [2.45, 2.75) is 51.8 Å². The molecule has 0 saturated carbocycles. The summed E-state index contributed by atoms with van der Waals surface area (Å²) in [5.41, 5.74) is 1.30. The Morgan fingerprint density at radius 2 is 1.90 bits per heavy atom. The zero-order valence-corrected chi connectivity index (χ0v) is 18.0. The molecule has 0 unspecified atom stereocenters. The number of fused-ring (bicyclic) bond motifs is 1. The summed E-state index contributed by atoms with van der Waals surface area (Å²) < 4.78 is 44.3. The van der Waals surface area contributed by atoms with Crippen molar-refractivity contribution in [3.8, 4) is 0 Å². The van der Waals surface area contributed by atoms with Crippen LogP contribution in [0.2, 0.25) is 0 Å². The smallest absolute Gasteiger partial charge is 0.449 e. The van der Waals surface area contributed by atoms with Crippen LogP contribution in [0, 0.1) is 5.41 Å². The predicted octanol–water partition coefficient (Wildman–Crippen LogP) is 4.22. The minimum absolute atomic E-state index is 0.00366. The monoisotopic (exact) mass is 438 g/mol. The summed E-state index contributed by atoms with van der Waals surface area (Å²) >= 11 is 0. The average molecular weight is 438 g/mol. The molecule has 1 aromatic heterocycles. The third-order valence-corrected chi connectivity index (χ3v) is 6.92. The van der Waals surface area contributed by atoms with Gasteiger partial charge in [-0.3, -0.25) is 9.69 Å². The van der Waals surface area contributed by atoms with Crippen LogP contribution >= 0.6 is 0 Å². The number of hydrogen-bond acceptors (Lipinski definition) is 5. The topological polar surface area (TPSA) is 61.5 Å². The molecule has 0 amide bonds. The van der Waals surface area contributed by atoms with Crippen molar-refractivity contribution in [3.05, 3.63) is 24.0 Å². The molecule has 0 spiro atoms. The molecular weight excluding hydrogens is 409 g/mol. The number of alkyl halides is 3. The van der Waals surface area contributed by atoms with Crippen LogP contribution in [-0.4, -0.2) is 59.7 Å². The van der Waals surface area contributed by atoms with E-state index in [1.165, 1.54) is 0 Å². The van der Waals surface area contributed by atoms with Crippen LogP contribution in [0.25, 0.3) is 11.0 Å². The first-order valence-corrected chi connectivity index (χ1v) is 11.0. The van der Waals surface area contributed by atoms with Crippen molar-refractivity contribution in [1.29, 1.82) is 0 Å². The fourth-order valence-electron chi connectivity index (χ4n) is 4.71. The van der Waals surface area contributed by atoms with Crippen molar-refractivity contribution in [2.75, 3.05) is 37.6 Å². The molecule has 0 bridgehead atoms. The maximum atomic E-state index is 12.9. The molecule has 1 aromatic carbocycles. The lowest BCUT2D eigenvalue weighted by Crippen LogP contribution is -2.47. The van der Waals surface area contributed by atoms with Crippen molar-refractivity contribution < 1.29 is 22.7 Å². The highest BCUT2D eigenvalue weighted by atomic mass is 19.4. The van der Waals surface area contributed by atoms with Gasteiger partial charge < -0.3 is 14.6 Å². The quantitative estimate of drug-likeness (QED) is 0.685. The van der Waals surface area contributed by atoms with E-state index in [1.54, 1.807) is 12.1 Å². The molecular formula is C22H29F3N4O2. The largest absolute Gasteiger partial charge is 0.462 e. The maximum Gasteiger partial charge on any atom is 0.449 e. The number of hydrogen-bond donors (Lipinski definition) is 1. The minimum atomic E-state index is -4.48. The number of esters is 1. The Bertz CT molecular complexity index is 930. The molecule has 4 rings (SSSR count). The number of rotatable bonds is 6. The van der Waals surface area contributed by atoms with E-state index in [0.29, 0.717) is 11.0 Å². The van der Waals surface area contributed by atoms with Crippen LogP contribution in [-0.2, 0) is 15.7 Å². The summed E-state index contributed by atoms with van der Waals surface area (Å²) in [5.74, 6) is -1.01. The molecule has 1 atom stereocenters. The number of benzene rings is 1. The van der Waals surface area contributed by atoms with Gasteiger partial charge in [-0.1, -0.05) is 13.8 Å². The number of imidazole rings is 1. The second-order valence-electron chi connectivity index (χ2n) is 8.62. The normalized spacial score (nSPS) is 22.3. The first-order valence-electron chi connectivity index (χ1n) is 11.0. The van der Waals surface area contributed by atoms with Crippen LogP contribution in [0.4, 0.5) is 18.9 Å². The number of nitrogens with one attached hydrogen (secondary N) is 1. The average Bonchev–Trinajstić information content (AvgIpc) is 3.33. The lowest BCUT2D eigenvalue weighted by molar-refractivity contribution is -0.149. The molecule has 2 aromatic rings. The minimum Gasteiger partial charge on any atom is -0.462 e. The Hall–Kier alpha value is -2.29. The number of anilines is 1. The lowest BCUT2D eigenvalue weighted by Gasteiger charge is -2.36. The SMILES string of the molecule is CCC1(CC)C[C@@H](CCN2CCN(c3ccc4nc(C(F)(F)F)[nH]c4c3)CC2)OC1=O. The molecule has 170 valence electrons. The highest BCUT2D eigenvalue weighted by molar-refractivity contribution is 5.80. The second-order valence-corrected chi connectivity index (χ2v) is 8.62. The van der Waals surface area contributed by atoms with Crippen LogP contribution in [0.5, 0.6) is 0 Å². The standard InChI is InChI=1S/C22H29F3N4O2/c1-3-21(4-2)14-16(31-20(21)30)7-8-28-9-11-29(12-10-28)15-5-6-17-18(13-15)27-19(26-17)22(23,24)25/h5-6,13,16H,3-4,7-12,14H2,1-2H3,(H,26,27)/t16-/m1/s1. The van der Waals surface area contributed by atoms with Crippen LogP contribution in [0.3, 0.4) is 0 Å². The summed E-state index contributed by atoms with van der Waals surface area (Å²) in [6.45, 7) is 8.30. The van der Waals surface area contributed by atoms with Crippen LogP contribution in [0.1, 0.15) is 45.4 Å². The first-order chi connectivity index (χ1) is 14.7. The fourth-order valence-corrected chi connectivity index (χ4v) is 4.71. The predicted molar refractivity (Wildman–Crippen MR) is 112 cm³/mol. The molecule has 31 heavy (non-hydrogen) atoms. The molecule has 6 nitrogen and oxygen atoms in total. The van der Waals surface area contributed by atoms with E-state index >= 15 is 0 Å². The van der Waals surface area contributed by atoms with Crippen molar-refractivity contribution >= 4 is 22.7 Å². The number of ether oxygens (including phenoxy) is 1. The first kappa shape index (κ1) is 21.9. The number of nitrogens with zero attached hydrogens (tertiary/aromatic N) is 3. The Morgan fingerprint density at radius 1 is 1.19 bits per heavy atom. The third-order valence-electron chi connectivity index (χ3n) is 6.92. The van der Waals surface area contributed by atoms with Gasteiger partial charge in [0.05, 0.1) is 16.4 Å². The zero-order valence-electron chi connectivity index (χ0n) is 18.0. The van der Waals surface area contributed by atoms with E-state index in [1.807, 2.05) is 6.07 Å². The number of halogens is 3. The van der Waals surface area contributed by atoms with Gasteiger partial charge in [-0.15, -0.1) is 0 Å². The summed E-state index contributed by atoms with van der Waals surface area (Å²) in [4.78, 5) is 22.8. The molecule has 2 aliphatic heterocycles. The third kappa shape index (κ3) is 4.37. The van der Waals surface area contributed by atoms with E-state index < -0.39 is 12.0 Å². The molecule has 2 aliphatic rings. The summed E-state index contributed by atoms with van der Waals surface area (Å²) in [7, 11) is 0. The summed E-state index contributed by atoms with van der Waals surface area (Å²) in [5, 5.41) is 0. The number of H-pyrrole nitrogens is 1. The fraction of sp³-hybridized carbons (Fsp3) is 0.636. The Balaban J connectivity index is 1.30. The Labute approximate surface area is 179 Å². The number of carbonyl (C=O) groups is 1. The molecule has 0 radical (unpaired) electrons. The van der Waals surface area contributed by atoms with Gasteiger partial charge >= 0.3 is 12.1 Å². The van der Waals surface area contributed by atoms with E-state index in [-0.39, 0.29) is 17.5 Å². The number of aromatic nitrogens is 2. The van der Waals surface area contributed by atoms with Crippen molar-refractivity contribution in [2.24, 2.45) is 5.41 Å². The van der Waals surface area contributed by atoms with Crippen molar-refractivity contribution in [1.82, 2.24) is 14.9 Å². The number of cyclic esters (lactones) is 1. The van der Waals surface area contributed by atoms with E-state index in [4.69, 9.17) is 4.74 Å². The van der Waals surface area contributed by atoms with Crippen LogP contribution in [0.15, 0.2) is 18.2 Å². The van der Waals surface area contributed by atoms with Crippen molar-refractivity contribution in [3.63, 3.8) is 0 Å². The lowest BCUT2D eigenvalue weighted by atomic mass is 9.79. The van der Waals surface area contributed by atoms with Gasteiger partial charge in [-0.25, -0.2) is 4.98 Å². The van der Waals surface area contributed by atoms with Gasteiger partial charge in [0.2, 0.25) is 5.82 Å². The maximum absolute atomic E-state index is 12.9. The summed E-state index contributed by atoms with van der Waals surface area (Å²) in [6, 6.07) is 5.19. The Kier molecular flexibility index (Phi) is 5.89. The summed E-state index contributed by atoms with van der Waals surface area (Å²) in [6.07, 6.45) is -1.19. The number of carbonyl (C=O) groups excluding carboxylic acids is 1. The van der Waals surface area contributed by atoms with E-state index in [0.717, 1.165) is 64.1 Å². The molecule has 2 saturated heterocycles. The van der Waals surface area contributed by atoms with Gasteiger partial charge in [0, 0.05) is 44.8 Å². The molecule has 2 fully saturated rings. The van der Waals surface area contributed by atoms with Gasteiger partial charge in [-0.2, -0.15) is 13.2 Å². The van der Waals surface area contributed by atoms with E-state index in [9.17, 15) is 18.0 Å². The molecule has 1 N–H and O–H groups in total. The zero-order chi connectivity index (χ0) is 22.2. The molecule has 0 aliphatic carbocycles. The number of piperazine rings is 1. The highest BCUT2D eigenvalue weighted by Gasteiger charge is 2.46. The highest BCUT2D eigenvalue weighted by Crippen LogP contribution is 2.41. The molecule has 9 heteroatoms. The van der Waals surface area contributed by atoms with E-state index in [2.05, 4.69) is 33.6 Å². The molecule has 3 heterocycles. The number of aromatic amines is 1. The van der Waals surface area contributed by atoms with Gasteiger partial charge in [0.25, 0.3) is 0 Å². The van der Waals surface area contributed by atoms with Gasteiger partial charge in [0.15, 0.2) is 0 Å². The van der Waals surface area contributed by atoms with Crippen LogP contribution < -0.4 is 4.90 Å². The second kappa shape index (κ2) is 8.33. The Morgan fingerprint density at radius 3 is 2.52 bits per heavy atom.